The first-order chi connectivity index (χ1) is 11.9. The zero-order valence-corrected chi connectivity index (χ0v) is 14.6. The van der Waals surface area contributed by atoms with Crippen molar-refractivity contribution in [2.45, 2.75) is 24.7 Å². The number of sulfonamides is 1. The highest BCUT2D eigenvalue weighted by Gasteiger charge is 2.23. The van der Waals surface area contributed by atoms with Gasteiger partial charge in [-0.1, -0.05) is 18.2 Å². The van der Waals surface area contributed by atoms with E-state index >= 15 is 0 Å². The lowest BCUT2D eigenvalue weighted by molar-refractivity contribution is 0.0951. The van der Waals surface area contributed by atoms with E-state index in [4.69, 9.17) is 0 Å². The van der Waals surface area contributed by atoms with Crippen molar-refractivity contribution in [2.24, 2.45) is 5.92 Å². The lowest BCUT2D eigenvalue weighted by Gasteiger charge is -2.12. The Morgan fingerprint density at radius 1 is 1.20 bits per heavy atom. The van der Waals surface area contributed by atoms with Gasteiger partial charge in [0.05, 0.1) is 10.6 Å². The molecule has 2 aromatic rings. The van der Waals surface area contributed by atoms with Crippen LogP contribution < -0.4 is 10.0 Å². The summed E-state index contributed by atoms with van der Waals surface area (Å²) in [6, 6.07) is 9.81. The van der Waals surface area contributed by atoms with Crippen molar-refractivity contribution in [1.29, 1.82) is 0 Å². The van der Waals surface area contributed by atoms with Crippen LogP contribution in [0.2, 0.25) is 0 Å². The fourth-order valence-corrected chi connectivity index (χ4v) is 3.51. The first kappa shape index (κ1) is 17.4. The number of benzene rings is 2. The maximum absolute atomic E-state index is 13.7. The van der Waals surface area contributed by atoms with Crippen LogP contribution in [0.3, 0.4) is 0 Å². The first-order valence-corrected chi connectivity index (χ1v) is 9.51. The highest BCUT2D eigenvalue weighted by Crippen LogP contribution is 2.28. The van der Waals surface area contributed by atoms with Gasteiger partial charge in [0.15, 0.2) is 0 Å². The van der Waals surface area contributed by atoms with Gasteiger partial charge in [0.25, 0.3) is 15.9 Å². The van der Waals surface area contributed by atoms with Crippen molar-refractivity contribution in [3.05, 3.63) is 59.4 Å². The summed E-state index contributed by atoms with van der Waals surface area (Å²) in [5.41, 5.74) is 0.845. The number of hydrogen-bond donors (Lipinski definition) is 2. The summed E-state index contributed by atoms with van der Waals surface area (Å²) in [5.74, 6) is -0.438. The summed E-state index contributed by atoms with van der Waals surface area (Å²) in [6.45, 7) is 2.34. The number of amides is 1. The highest BCUT2D eigenvalue weighted by molar-refractivity contribution is 7.92. The minimum absolute atomic E-state index is 0.0853. The fraction of sp³-hybridized carbons (Fsp3) is 0.278. The molecule has 0 aliphatic heterocycles. The van der Waals surface area contributed by atoms with Crippen molar-refractivity contribution in [2.75, 3.05) is 11.3 Å². The molecule has 1 aliphatic rings. The van der Waals surface area contributed by atoms with Gasteiger partial charge in [0.1, 0.15) is 5.82 Å². The minimum atomic E-state index is -4.00. The van der Waals surface area contributed by atoms with E-state index in [2.05, 4.69) is 10.0 Å². The number of anilines is 1. The third kappa shape index (κ3) is 4.17. The number of aryl methyl sites for hydroxylation is 1. The van der Waals surface area contributed by atoms with E-state index < -0.39 is 15.8 Å². The average molecular weight is 362 g/mol. The van der Waals surface area contributed by atoms with Crippen LogP contribution in [0.15, 0.2) is 47.4 Å². The van der Waals surface area contributed by atoms with Crippen molar-refractivity contribution in [3.63, 3.8) is 0 Å². The van der Waals surface area contributed by atoms with Crippen LogP contribution in [0, 0.1) is 18.7 Å². The minimum Gasteiger partial charge on any atom is -0.352 e. The van der Waals surface area contributed by atoms with Gasteiger partial charge in [-0.15, -0.1) is 0 Å². The van der Waals surface area contributed by atoms with E-state index in [-0.39, 0.29) is 16.5 Å². The van der Waals surface area contributed by atoms with Crippen LogP contribution in [0.4, 0.5) is 10.1 Å². The molecule has 0 unspecified atom stereocenters. The predicted molar refractivity (Wildman–Crippen MR) is 93.4 cm³/mol. The molecule has 1 aliphatic carbocycles. The van der Waals surface area contributed by atoms with Crippen molar-refractivity contribution >= 4 is 21.6 Å². The Bertz CT molecular complexity index is 908. The summed E-state index contributed by atoms with van der Waals surface area (Å²) in [7, 11) is -4.00. The van der Waals surface area contributed by atoms with E-state index in [1.54, 1.807) is 13.0 Å². The van der Waals surface area contributed by atoms with E-state index in [1.807, 2.05) is 0 Å². The van der Waals surface area contributed by atoms with Gasteiger partial charge in [-0.2, -0.15) is 0 Å². The van der Waals surface area contributed by atoms with Crippen LogP contribution in [0.5, 0.6) is 0 Å². The number of halogens is 1. The Hall–Kier alpha value is -2.41. The smallest absolute Gasteiger partial charge is 0.262 e. The number of hydrogen-bond acceptors (Lipinski definition) is 3. The summed E-state index contributed by atoms with van der Waals surface area (Å²) in [5, 5.41) is 2.83. The SMILES string of the molecule is Cc1ccc(S(=O)(=O)Nc2ccccc2F)cc1C(=O)NCC1CC1. The monoisotopic (exact) mass is 362 g/mol. The molecule has 0 saturated heterocycles. The fourth-order valence-electron chi connectivity index (χ4n) is 2.41. The van der Waals surface area contributed by atoms with Crippen LogP contribution in [-0.4, -0.2) is 20.9 Å². The number of nitrogens with one attached hydrogen (secondary N) is 2. The zero-order chi connectivity index (χ0) is 18.0. The molecule has 7 heteroatoms. The second kappa shape index (κ2) is 6.84. The van der Waals surface area contributed by atoms with Crippen molar-refractivity contribution in [3.8, 4) is 0 Å². The zero-order valence-electron chi connectivity index (χ0n) is 13.8. The lowest BCUT2D eigenvalue weighted by atomic mass is 10.1. The molecule has 0 spiro atoms. The molecule has 2 N–H and O–H groups in total. The maximum atomic E-state index is 13.7. The molecular formula is C18H19FN2O3S. The molecule has 0 aromatic heterocycles. The standard InChI is InChI=1S/C18H19FN2O3S/c1-12-6-9-14(10-15(12)18(22)20-11-13-7-8-13)25(23,24)21-17-5-3-2-4-16(17)19/h2-6,9-10,13,21H,7-8,11H2,1H3,(H,20,22). The van der Waals surface area contributed by atoms with Crippen molar-refractivity contribution < 1.29 is 17.6 Å². The van der Waals surface area contributed by atoms with Crippen LogP contribution in [0.1, 0.15) is 28.8 Å². The van der Waals surface area contributed by atoms with E-state index in [1.165, 1.54) is 36.4 Å². The Labute approximate surface area is 146 Å². The normalized spacial score (nSPS) is 14.2. The average Bonchev–Trinajstić information content (AvgIpc) is 3.39. The highest BCUT2D eigenvalue weighted by atomic mass is 32.2. The van der Waals surface area contributed by atoms with Crippen LogP contribution in [-0.2, 0) is 10.0 Å². The molecule has 2 aromatic carbocycles. The van der Waals surface area contributed by atoms with Gasteiger partial charge in [-0.25, -0.2) is 12.8 Å². The first-order valence-electron chi connectivity index (χ1n) is 8.03. The molecular weight excluding hydrogens is 343 g/mol. The second-order valence-corrected chi connectivity index (χ2v) is 7.90. The molecule has 3 rings (SSSR count). The Morgan fingerprint density at radius 2 is 1.92 bits per heavy atom. The maximum Gasteiger partial charge on any atom is 0.262 e. The van der Waals surface area contributed by atoms with Gasteiger partial charge >= 0.3 is 0 Å². The van der Waals surface area contributed by atoms with Gasteiger partial charge in [0.2, 0.25) is 0 Å². The quantitative estimate of drug-likeness (QED) is 0.829. The molecule has 25 heavy (non-hydrogen) atoms. The third-order valence-electron chi connectivity index (χ3n) is 4.13. The van der Waals surface area contributed by atoms with Crippen LogP contribution in [0.25, 0.3) is 0 Å². The van der Waals surface area contributed by atoms with Crippen LogP contribution >= 0.6 is 0 Å². The number of rotatable bonds is 6. The topological polar surface area (TPSA) is 75.3 Å². The number of carbonyl (C=O) groups excluding carboxylic acids is 1. The van der Waals surface area contributed by atoms with E-state index in [0.717, 1.165) is 12.8 Å². The third-order valence-corrected chi connectivity index (χ3v) is 5.49. The second-order valence-electron chi connectivity index (χ2n) is 6.22. The van der Waals surface area contributed by atoms with Gasteiger partial charge in [0, 0.05) is 12.1 Å². The Balaban J connectivity index is 1.84. The summed E-state index contributed by atoms with van der Waals surface area (Å²) < 4.78 is 40.9. The Morgan fingerprint density at radius 3 is 2.60 bits per heavy atom. The Kier molecular flexibility index (Phi) is 4.76. The van der Waals surface area contributed by atoms with Crippen molar-refractivity contribution in [1.82, 2.24) is 5.32 Å². The number of para-hydroxylation sites is 1. The van der Waals surface area contributed by atoms with Gasteiger partial charge in [-0.05, 0) is 55.5 Å². The molecule has 1 saturated carbocycles. The largest absolute Gasteiger partial charge is 0.352 e. The molecule has 132 valence electrons. The summed E-state index contributed by atoms with van der Waals surface area (Å²) in [4.78, 5) is 12.2. The molecule has 5 nitrogen and oxygen atoms in total. The lowest BCUT2D eigenvalue weighted by Crippen LogP contribution is -2.26. The van der Waals surface area contributed by atoms with E-state index in [9.17, 15) is 17.6 Å². The molecule has 1 fully saturated rings. The summed E-state index contributed by atoms with van der Waals surface area (Å²) in [6.07, 6.45) is 2.22. The molecule has 0 heterocycles. The molecule has 1 amide bonds. The summed E-state index contributed by atoms with van der Waals surface area (Å²) >= 11 is 0. The van der Waals surface area contributed by atoms with Gasteiger partial charge in [-0.3, -0.25) is 9.52 Å². The van der Waals surface area contributed by atoms with Gasteiger partial charge < -0.3 is 5.32 Å². The molecule has 0 radical (unpaired) electrons. The predicted octanol–water partition coefficient (Wildman–Crippen LogP) is 3.07. The molecule has 0 bridgehead atoms. The van der Waals surface area contributed by atoms with E-state index in [0.29, 0.717) is 23.6 Å². The number of carbonyl (C=O) groups is 1. The molecule has 0 atom stereocenters.